The molecule has 0 aromatic heterocycles. The second-order valence-corrected chi connectivity index (χ2v) is 5.87. The number of benzene rings is 2. The molecule has 0 bridgehead atoms. The summed E-state index contributed by atoms with van der Waals surface area (Å²) in [7, 11) is 0. The van der Waals surface area contributed by atoms with E-state index in [1.54, 1.807) is 18.2 Å². The van der Waals surface area contributed by atoms with Gasteiger partial charge < -0.3 is 24.6 Å². The Kier molecular flexibility index (Phi) is 5.40. The Morgan fingerprint density at radius 1 is 1.24 bits per heavy atom. The van der Waals surface area contributed by atoms with E-state index < -0.39 is 6.10 Å². The molecule has 2 aromatic rings. The van der Waals surface area contributed by atoms with Crippen LogP contribution in [-0.2, 0) is 4.79 Å². The zero-order chi connectivity index (χ0) is 17.6. The largest absolute Gasteiger partial charge is 0.484 e. The summed E-state index contributed by atoms with van der Waals surface area (Å²) in [6.07, 6.45) is -0.289. The number of aliphatic hydroxyl groups is 1. The Morgan fingerprint density at radius 2 is 2.08 bits per heavy atom. The van der Waals surface area contributed by atoms with Gasteiger partial charge in [-0.1, -0.05) is 18.2 Å². The summed E-state index contributed by atoms with van der Waals surface area (Å²) in [5.74, 6) is 1.75. The Balaban J connectivity index is 1.40. The molecule has 1 aliphatic rings. The van der Waals surface area contributed by atoms with Crippen LogP contribution in [0.4, 0.5) is 0 Å². The van der Waals surface area contributed by atoms with Crippen LogP contribution in [0.15, 0.2) is 42.5 Å². The minimum Gasteiger partial charge on any atom is -0.484 e. The van der Waals surface area contributed by atoms with Gasteiger partial charge in [-0.15, -0.1) is 0 Å². The molecule has 0 saturated carbocycles. The maximum atomic E-state index is 11.8. The second-order valence-electron chi connectivity index (χ2n) is 5.87. The molecular formula is C19H21NO5. The topological polar surface area (TPSA) is 77.0 Å². The van der Waals surface area contributed by atoms with Gasteiger partial charge in [0.15, 0.2) is 18.1 Å². The molecule has 6 heteroatoms. The number of aliphatic hydroxyl groups excluding tert-OH is 1. The van der Waals surface area contributed by atoms with Crippen LogP contribution >= 0.6 is 0 Å². The summed E-state index contributed by atoms with van der Waals surface area (Å²) in [5.41, 5.74) is 1.80. The average molecular weight is 343 g/mol. The van der Waals surface area contributed by atoms with E-state index in [-0.39, 0.29) is 19.3 Å². The molecule has 2 N–H and O–H groups in total. The summed E-state index contributed by atoms with van der Waals surface area (Å²) < 4.78 is 16.0. The van der Waals surface area contributed by atoms with Crippen molar-refractivity contribution in [1.29, 1.82) is 0 Å². The van der Waals surface area contributed by atoms with Crippen LogP contribution in [0.25, 0.3) is 0 Å². The van der Waals surface area contributed by atoms with E-state index >= 15 is 0 Å². The molecule has 1 amide bonds. The fourth-order valence-electron chi connectivity index (χ4n) is 2.54. The van der Waals surface area contributed by atoms with Crippen molar-refractivity contribution in [2.45, 2.75) is 19.4 Å². The number of amides is 1. The molecule has 1 unspecified atom stereocenters. The van der Waals surface area contributed by atoms with E-state index in [0.717, 1.165) is 11.1 Å². The number of carbonyl (C=O) groups excluding carboxylic acids is 1. The highest BCUT2D eigenvalue weighted by Gasteiger charge is 2.16. The molecule has 1 aliphatic heterocycles. The lowest BCUT2D eigenvalue weighted by Crippen LogP contribution is -2.30. The number of aryl methyl sites for hydroxylation is 1. The predicted octanol–water partition coefficient (Wildman–Crippen LogP) is 2.34. The van der Waals surface area contributed by atoms with E-state index in [4.69, 9.17) is 14.2 Å². The molecule has 1 heterocycles. The highest BCUT2D eigenvalue weighted by atomic mass is 16.7. The molecule has 1 atom stereocenters. The summed E-state index contributed by atoms with van der Waals surface area (Å²) in [6, 6.07) is 12.8. The Hall–Kier alpha value is -2.73. The molecule has 3 rings (SSSR count). The number of nitrogens with one attached hydrogen (secondary N) is 1. The molecule has 0 saturated heterocycles. The molecular weight excluding hydrogens is 322 g/mol. The minimum atomic E-state index is -0.688. The smallest absolute Gasteiger partial charge is 0.257 e. The minimum absolute atomic E-state index is 0.0520. The third kappa shape index (κ3) is 4.64. The van der Waals surface area contributed by atoms with Crippen molar-refractivity contribution in [2.24, 2.45) is 0 Å². The van der Waals surface area contributed by atoms with Crippen molar-refractivity contribution in [3.05, 3.63) is 53.6 Å². The Morgan fingerprint density at radius 3 is 2.92 bits per heavy atom. The maximum Gasteiger partial charge on any atom is 0.257 e. The number of hydrogen-bond donors (Lipinski definition) is 2. The summed E-state index contributed by atoms with van der Waals surface area (Å²) in [5, 5.41) is 13.0. The second kappa shape index (κ2) is 7.90. The van der Waals surface area contributed by atoms with Crippen LogP contribution in [0.5, 0.6) is 17.2 Å². The van der Waals surface area contributed by atoms with Crippen molar-refractivity contribution < 1.29 is 24.1 Å². The zero-order valence-electron chi connectivity index (χ0n) is 14.0. The number of ether oxygens (including phenoxy) is 3. The van der Waals surface area contributed by atoms with Crippen molar-refractivity contribution in [2.75, 3.05) is 19.9 Å². The van der Waals surface area contributed by atoms with Gasteiger partial charge in [-0.25, -0.2) is 0 Å². The number of carbonyl (C=O) groups is 1. The van der Waals surface area contributed by atoms with Crippen LogP contribution in [0.1, 0.15) is 23.7 Å². The fraction of sp³-hybridized carbons (Fsp3) is 0.316. The van der Waals surface area contributed by atoms with Crippen molar-refractivity contribution in [3.8, 4) is 17.2 Å². The predicted molar refractivity (Wildman–Crippen MR) is 91.8 cm³/mol. The molecule has 2 aromatic carbocycles. The molecule has 0 radical (unpaired) electrons. The highest BCUT2D eigenvalue weighted by molar-refractivity contribution is 5.77. The summed E-state index contributed by atoms with van der Waals surface area (Å²) >= 11 is 0. The highest BCUT2D eigenvalue weighted by Crippen LogP contribution is 2.34. The number of hydrogen-bond acceptors (Lipinski definition) is 5. The van der Waals surface area contributed by atoms with Crippen molar-refractivity contribution in [1.82, 2.24) is 5.32 Å². The van der Waals surface area contributed by atoms with Crippen LogP contribution in [0.2, 0.25) is 0 Å². The van der Waals surface area contributed by atoms with Gasteiger partial charge in [-0.3, -0.25) is 4.79 Å². The fourth-order valence-corrected chi connectivity index (χ4v) is 2.54. The SMILES string of the molecule is Cc1cccc(OCC(=O)NCCC(O)c2ccc3c(c2)OCO3)c1. The van der Waals surface area contributed by atoms with Gasteiger partial charge in [-0.05, 0) is 48.7 Å². The van der Waals surface area contributed by atoms with E-state index in [1.165, 1.54) is 0 Å². The standard InChI is InChI=1S/C19H21NO5/c1-13-3-2-4-15(9-13)23-11-19(22)20-8-7-16(21)14-5-6-17-18(10-14)25-12-24-17/h2-6,9-10,16,21H,7-8,11-12H2,1H3,(H,20,22). The van der Waals surface area contributed by atoms with Crippen LogP contribution in [0, 0.1) is 6.92 Å². The lowest BCUT2D eigenvalue weighted by molar-refractivity contribution is -0.123. The number of rotatable bonds is 7. The van der Waals surface area contributed by atoms with Gasteiger partial charge >= 0.3 is 0 Å². The Labute approximate surface area is 146 Å². The lowest BCUT2D eigenvalue weighted by atomic mass is 10.1. The van der Waals surface area contributed by atoms with E-state index in [1.807, 2.05) is 31.2 Å². The molecule has 0 fully saturated rings. The van der Waals surface area contributed by atoms with Crippen molar-refractivity contribution in [3.63, 3.8) is 0 Å². The number of fused-ring (bicyclic) bond motifs is 1. The van der Waals surface area contributed by atoms with Crippen LogP contribution < -0.4 is 19.5 Å². The molecule has 0 spiro atoms. The first-order valence-corrected chi connectivity index (χ1v) is 8.15. The summed E-state index contributed by atoms with van der Waals surface area (Å²) in [4.78, 5) is 11.8. The maximum absolute atomic E-state index is 11.8. The Bertz CT molecular complexity index is 746. The monoisotopic (exact) mass is 343 g/mol. The molecule has 0 aliphatic carbocycles. The quantitative estimate of drug-likeness (QED) is 0.807. The molecule has 25 heavy (non-hydrogen) atoms. The average Bonchev–Trinajstić information content (AvgIpc) is 3.07. The first-order valence-electron chi connectivity index (χ1n) is 8.15. The first-order chi connectivity index (χ1) is 12.1. The lowest BCUT2D eigenvalue weighted by Gasteiger charge is -2.12. The normalized spacial score (nSPS) is 13.4. The van der Waals surface area contributed by atoms with Gasteiger partial charge in [0.2, 0.25) is 6.79 Å². The van der Waals surface area contributed by atoms with Gasteiger partial charge in [0.05, 0.1) is 6.10 Å². The van der Waals surface area contributed by atoms with Crippen LogP contribution in [-0.4, -0.2) is 31.0 Å². The van der Waals surface area contributed by atoms with Gasteiger partial charge in [0, 0.05) is 6.54 Å². The van der Waals surface area contributed by atoms with E-state index in [0.29, 0.717) is 30.2 Å². The van der Waals surface area contributed by atoms with Gasteiger partial charge in [-0.2, -0.15) is 0 Å². The van der Waals surface area contributed by atoms with E-state index in [9.17, 15) is 9.90 Å². The molecule has 6 nitrogen and oxygen atoms in total. The van der Waals surface area contributed by atoms with Crippen LogP contribution in [0.3, 0.4) is 0 Å². The third-order valence-corrected chi connectivity index (χ3v) is 3.88. The summed E-state index contributed by atoms with van der Waals surface area (Å²) in [6.45, 7) is 2.46. The zero-order valence-corrected chi connectivity index (χ0v) is 14.0. The van der Waals surface area contributed by atoms with Crippen molar-refractivity contribution >= 4 is 5.91 Å². The third-order valence-electron chi connectivity index (χ3n) is 3.88. The van der Waals surface area contributed by atoms with Gasteiger partial charge in [0.25, 0.3) is 5.91 Å². The first kappa shape index (κ1) is 17.1. The molecule has 132 valence electrons. The van der Waals surface area contributed by atoms with Gasteiger partial charge in [0.1, 0.15) is 5.75 Å². The van der Waals surface area contributed by atoms with E-state index in [2.05, 4.69) is 5.32 Å².